The molecule has 0 bridgehead atoms. The summed E-state index contributed by atoms with van der Waals surface area (Å²) in [5.74, 6) is 0. The number of hydrogen-bond acceptors (Lipinski definition) is 2. The van der Waals surface area contributed by atoms with Crippen LogP contribution in [0.1, 0.15) is 11.3 Å². The Morgan fingerprint density at radius 2 is 2.56 bits per heavy atom. The molecule has 0 aromatic carbocycles. The van der Waals surface area contributed by atoms with Crippen LogP contribution in [0.25, 0.3) is 0 Å². The molecule has 0 aliphatic carbocycles. The van der Waals surface area contributed by atoms with Gasteiger partial charge in [0.15, 0.2) is 0 Å². The number of nitrogens with one attached hydrogen (secondary N) is 1. The van der Waals surface area contributed by atoms with Crippen molar-refractivity contribution >= 4 is 0 Å². The van der Waals surface area contributed by atoms with E-state index in [9.17, 15) is 0 Å². The van der Waals surface area contributed by atoms with Gasteiger partial charge >= 0.3 is 0 Å². The lowest BCUT2D eigenvalue weighted by molar-refractivity contribution is 0.348. The van der Waals surface area contributed by atoms with E-state index in [4.69, 9.17) is 0 Å². The van der Waals surface area contributed by atoms with Crippen LogP contribution >= 0.6 is 0 Å². The van der Waals surface area contributed by atoms with Crippen LogP contribution in [0.2, 0.25) is 0 Å². The van der Waals surface area contributed by atoms with E-state index in [2.05, 4.69) is 28.3 Å². The lowest BCUT2D eigenvalue weighted by Gasteiger charge is -2.02. The molecule has 0 saturated carbocycles. The van der Waals surface area contributed by atoms with Crippen molar-refractivity contribution in [3.05, 3.63) is 17.5 Å². The predicted molar refractivity (Wildman–Crippen MR) is 32.6 cm³/mol. The normalized spacial score (nSPS) is 18.3. The fraction of sp³-hybridized carbons (Fsp3) is 0.500. The van der Waals surface area contributed by atoms with Crippen LogP contribution in [0.5, 0.6) is 0 Å². The minimum absolute atomic E-state index is 0.992. The van der Waals surface area contributed by atoms with E-state index < -0.39 is 0 Å². The van der Waals surface area contributed by atoms with Gasteiger partial charge in [0.1, 0.15) is 6.20 Å². The SMILES string of the molecule is CN1Cc2[c]n[nH]c2C1. The highest BCUT2D eigenvalue weighted by molar-refractivity contribution is 5.18. The quantitative estimate of drug-likeness (QED) is 0.531. The highest BCUT2D eigenvalue weighted by Crippen LogP contribution is 2.16. The Balaban J connectivity index is 2.39. The molecule has 1 aromatic heterocycles. The Labute approximate surface area is 53.7 Å². The van der Waals surface area contributed by atoms with Crippen LogP contribution in [-0.2, 0) is 13.1 Å². The van der Waals surface area contributed by atoms with E-state index in [-0.39, 0.29) is 0 Å². The summed E-state index contributed by atoms with van der Waals surface area (Å²) in [7, 11) is 2.08. The fourth-order valence-electron chi connectivity index (χ4n) is 1.16. The fourth-order valence-corrected chi connectivity index (χ4v) is 1.16. The first-order valence-electron chi connectivity index (χ1n) is 2.98. The number of H-pyrrole nitrogens is 1. The molecule has 0 atom stereocenters. The van der Waals surface area contributed by atoms with Gasteiger partial charge in [-0.1, -0.05) is 0 Å². The van der Waals surface area contributed by atoms with Gasteiger partial charge in [-0.2, -0.15) is 5.10 Å². The van der Waals surface area contributed by atoms with Gasteiger partial charge in [0.05, 0.1) is 5.69 Å². The zero-order valence-corrected chi connectivity index (χ0v) is 5.31. The van der Waals surface area contributed by atoms with Crippen LogP contribution in [0.3, 0.4) is 0 Å². The second-order valence-electron chi connectivity index (χ2n) is 2.46. The number of rotatable bonds is 0. The monoisotopic (exact) mass is 122 g/mol. The van der Waals surface area contributed by atoms with E-state index in [1.54, 1.807) is 0 Å². The van der Waals surface area contributed by atoms with Gasteiger partial charge in [0, 0.05) is 18.7 Å². The molecule has 47 valence electrons. The molecule has 2 heterocycles. The van der Waals surface area contributed by atoms with Crippen molar-refractivity contribution < 1.29 is 0 Å². The summed E-state index contributed by atoms with van der Waals surface area (Å²) in [6.07, 6.45) is 2.90. The first-order valence-corrected chi connectivity index (χ1v) is 2.98. The summed E-state index contributed by atoms with van der Waals surface area (Å²) < 4.78 is 0. The summed E-state index contributed by atoms with van der Waals surface area (Å²) in [6.45, 7) is 1.98. The maximum atomic E-state index is 3.80. The van der Waals surface area contributed by atoms with E-state index in [0.717, 1.165) is 13.1 Å². The van der Waals surface area contributed by atoms with Crippen LogP contribution in [0, 0.1) is 6.20 Å². The Morgan fingerprint density at radius 3 is 3.33 bits per heavy atom. The van der Waals surface area contributed by atoms with Crippen molar-refractivity contribution in [2.75, 3.05) is 7.05 Å². The molecule has 0 amide bonds. The van der Waals surface area contributed by atoms with Crippen LogP contribution in [0.4, 0.5) is 0 Å². The van der Waals surface area contributed by atoms with Crippen LogP contribution in [0.15, 0.2) is 0 Å². The van der Waals surface area contributed by atoms with E-state index in [1.807, 2.05) is 0 Å². The first kappa shape index (κ1) is 4.99. The lowest BCUT2D eigenvalue weighted by atomic mass is 10.3. The Kier molecular flexibility index (Phi) is 0.873. The second kappa shape index (κ2) is 1.57. The molecule has 0 saturated heterocycles. The molecular weight excluding hydrogens is 114 g/mol. The average molecular weight is 122 g/mol. The van der Waals surface area contributed by atoms with Crippen molar-refractivity contribution in [1.29, 1.82) is 0 Å². The summed E-state index contributed by atoms with van der Waals surface area (Å²) >= 11 is 0. The topological polar surface area (TPSA) is 31.9 Å². The van der Waals surface area contributed by atoms with Gasteiger partial charge in [-0.05, 0) is 7.05 Å². The highest BCUT2D eigenvalue weighted by Gasteiger charge is 2.16. The maximum Gasteiger partial charge on any atom is 0.117 e. The Morgan fingerprint density at radius 1 is 1.67 bits per heavy atom. The van der Waals surface area contributed by atoms with E-state index >= 15 is 0 Å². The molecule has 1 radical (unpaired) electrons. The Bertz CT molecular complexity index is 195. The van der Waals surface area contributed by atoms with Gasteiger partial charge in [-0.3, -0.25) is 10.00 Å². The van der Waals surface area contributed by atoms with E-state index in [0.29, 0.717) is 0 Å². The largest absolute Gasteiger partial charge is 0.296 e. The number of nitrogens with zero attached hydrogens (tertiary/aromatic N) is 2. The minimum Gasteiger partial charge on any atom is -0.296 e. The molecule has 0 unspecified atom stereocenters. The van der Waals surface area contributed by atoms with E-state index in [1.165, 1.54) is 11.3 Å². The molecule has 0 fully saturated rings. The van der Waals surface area contributed by atoms with Crippen molar-refractivity contribution in [3.8, 4) is 0 Å². The molecule has 0 spiro atoms. The zero-order valence-electron chi connectivity index (χ0n) is 5.31. The molecule has 1 aliphatic rings. The lowest BCUT2D eigenvalue weighted by Crippen LogP contribution is -2.08. The van der Waals surface area contributed by atoms with Crippen LogP contribution < -0.4 is 0 Å². The van der Waals surface area contributed by atoms with Crippen molar-refractivity contribution in [1.82, 2.24) is 15.1 Å². The van der Waals surface area contributed by atoms with Crippen LogP contribution in [-0.4, -0.2) is 22.1 Å². The second-order valence-corrected chi connectivity index (χ2v) is 2.46. The standard InChI is InChI=1S/C6H8N3/c1-9-3-5-2-7-8-6(5)4-9/h3-4H2,1H3,(H,7,8). The molecule has 1 aliphatic heterocycles. The summed E-state index contributed by atoms with van der Waals surface area (Å²) in [5.41, 5.74) is 2.44. The van der Waals surface area contributed by atoms with Crippen molar-refractivity contribution in [3.63, 3.8) is 0 Å². The average Bonchev–Trinajstić information content (AvgIpc) is 2.22. The first-order chi connectivity index (χ1) is 4.36. The number of hydrogen-bond donors (Lipinski definition) is 1. The third-order valence-electron chi connectivity index (χ3n) is 1.60. The minimum atomic E-state index is 0.992. The number of aromatic nitrogens is 2. The van der Waals surface area contributed by atoms with Crippen molar-refractivity contribution in [2.45, 2.75) is 13.1 Å². The number of aromatic amines is 1. The molecule has 2 rings (SSSR count). The molecule has 3 nitrogen and oxygen atoms in total. The molecule has 9 heavy (non-hydrogen) atoms. The summed E-state index contributed by atoms with van der Waals surface area (Å²) in [4.78, 5) is 2.22. The zero-order chi connectivity index (χ0) is 6.27. The smallest absolute Gasteiger partial charge is 0.117 e. The third kappa shape index (κ3) is 0.650. The third-order valence-corrected chi connectivity index (χ3v) is 1.60. The van der Waals surface area contributed by atoms with Crippen molar-refractivity contribution in [2.24, 2.45) is 0 Å². The van der Waals surface area contributed by atoms with Gasteiger partial charge in [0.25, 0.3) is 0 Å². The summed E-state index contributed by atoms with van der Waals surface area (Å²) in [5, 5.41) is 6.70. The maximum absolute atomic E-state index is 3.80. The highest BCUT2D eigenvalue weighted by atomic mass is 15.2. The van der Waals surface area contributed by atoms with Gasteiger partial charge in [0.2, 0.25) is 0 Å². The Hall–Kier alpha value is -0.830. The number of fused-ring (bicyclic) bond motifs is 1. The van der Waals surface area contributed by atoms with Gasteiger partial charge in [-0.25, -0.2) is 0 Å². The molecule has 1 aromatic rings. The predicted octanol–water partition coefficient (Wildman–Crippen LogP) is 0.155. The van der Waals surface area contributed by atoms with Gasteiger partial charge in [-0.15, -0.1) is 0 Å². The molecule has 1 N–H and O–H groups in total. The molecule has 3 heteroatoms. The van der Waals surface area contributed by atoms with Gasteiger partial charge < -0.3 is 0 Å². The summed E-state index contributed by atoms with van der Waals surface area (Å²) in [6, 6.07) is 0. The molecular formula is C6H8N3.